The molecule has 1 aliphatic heterocycles. The Bertz CT molecular complexity index is 1760. The summed E-state index contributed by atoms with van der Waals surface area (Å²) < 4.78 is 39.4. The maximum absolute atomic E-state index is 14.6. The van der Waals surface area contributed by atoms with Gasteiger partial charge in [-0.2, -0.15) is 0 Å². The summed E-state index contributed by atoms with van der Waals surface area (Å²) in [4.78, 5) is 63.4. The number of Topliss-reactive ketones (excluding diaryl/α,β-unsaturated/α-hetero) is 1. The molecule has 1 N–H and O–H groups in total. The first kappa shape index (κ1) is 37.3. The molecule has 1 aromatic carbocycles. The fraction of sp³-hybridized carbons (Fsp3) is 0.595. The second kappa shape index (κ2) is 14.3. The molecule has 5 atom stereocenters. The molecule has 5 rings (SSSR count). The smallest absolute Gasteiger partial charge is 0.240 e. The van der Waals surface area contributed by atoms with Gasteiger partial charge in [0.15, 0.2) is 5.78 Å². The molecule has 2 saturated carbocycles. The number of methoxy groups -OCH3 is 1. The lowest BCUT2D eigenvalue weighted by Crippen LogP contribution is -2.49. The summed E-state index contributed by atoms with van der Waals surface area (Å²) in [7, 11) is -2.25. The van der Waals surface area contributed by atoms with Crippen molar-refractivity contribution in [1.29, 1.82) is 0 Å². The number of ether oxygens (including phenoxy) is 2. The van der Waals surface area contributed by atoms with Crippen LogP contribution >= 0.6 is 0 Å². The van der Waals surface area contributed by atoms with Crippen molar-refractivity contribution in [3.8, 4) is 11.6 Å². The number of nitrogens with one attached hydrogen (secondary N) is 1. The quantitative estimate of drug-likeness (QED) is 0.267. The lowest BCUT2D eigenvalue weighted by atomic mass is 9.77. The predicted octanol–water partition coefficient (Wildman–Crippen LogP) is 4.27. The van der Waals surface area contributed by atoms with Gasteiger partial charge in [0.25, 0.3) is 0 Å². The summed E-state index contributed by atoms with van der Waals surface area (Å²) in [6.07, 6.45) is 3.68. The Kier molecular flexibility index (Phi) is 10.7. The molecule has 3 fully saturated rings. The summed E-state index contributed by atoms with van der Waals surface area (Å²) >= 11 is 0. The van der Waals surface area contributed by atoms with Gasteiger partial charge in [0, 0.05) is 43.9 Å². The van der Waals surface area contributed by atoms with Crippen LogP contribution in [0.25, 0.3) is 10.8 Å². The van der Waals surface area contributed by atoms with Crippen molar-refractivity contribution in [3.05, 3.63) is 43.1 Å². The Morgan fingerprint density at radius 3 is 2.44 bits per heavy atom. The number of amides is 3. The van der Waals surface area contributed by atoms with Crippen LogP contribution in [-0.4, -0.2) is 90.8 Å². The van der Waals surface area contributed by atoms with Gasteiger partial charge < -0.3 is 19.3 Å². The number of pyridine rings is 1. The third-order valence-corrected chi connectivity index (χ3v) is 12.3. The molecule has 1 aromatic heterocycles. The van der Waals surface area contributed by atoms with Crippen LogP contribution in [0, 0.1) is 22.7 Å². The van der Waals surface area contributed by atoms with E-state index in [1.807, 2.05) is 52.8 Å². The molecule has 12 nitrogen and oxygen atoms in total. The number of fused-ring (bicyclic) bond motifs is 1. The standard InChI is InChI=1S/C37H50N4O8S/c1-8-24-20-37(24,35(45)39-50(46,47)27-12-13-27)21-31(42)30-18-26(49-33-28-14-11-25(48-7)17-23(28)15-16-38-33)22-41(30)34(44)29(36(4,5)6)19-32(43)40(9-2)10-3/h8,11,14-17,24,26-27,29-30H,1,9-10,12-13,18-22H2,2-7H3,(H,39,45)/t24-,26?,29-,30+,37-/m1/s1. The number of likely N-dealkylation sites (tertiary alicyclic amines) is 1. The summed E-state index contributed by atoms with van der Waals surface area (Å²) in [5.74, 6) is -1.68. The number of hydrogen-bond donors (Lipinski definition) is 1. The first-order chi connectivity index (χ1) is 23.6. The molecule has 272 valence electrons. The van der Waals surface area contributed by atoms with Gasteiger partial charge in [0.05, 0.1) is 36.3 Å². The first-order valence-corrected chi connectivity index (χ1v) is 19.0. The van der Waals surface area contributed by atoms with Gasteiger partial charge in [-0.25, -0.2) is 13.4 Å². The van der Waals surface area contributed by atoms with E-state index in [-0.39, 0.29) is 55.7 Å². The van der Waals surface area contributed by atoms with Gasteiger partial charge >= 0.3 is 0 Å². The molecular weight excluding hydrogens is 660 g/mol. The molecule has 1 unspecified atom stereocenters. The Morgan fingerprint density at radius 2 is 1.86 bits per heavy atom. The zero-order valence-corrected chi connectivity index (χ0v) is 30.8. The predicted molar refractivity (Wildman–Crippen MR) is 189 cm³/mol. The Morgan fingerprint density at radius 1 is 1.16 bits per heavy atom. The molecule has 13 heteroatoms. The van der Waals surface area contributed by atoms with Gasteiger partial charge in [-0.15, -0.1) is 6.58 Å². The summed E-state index contributed by atoms with van der Waals surface area (Å²) in [5, 5.41) is 0.977. The zero-order chi connectivity index (χ0) is 36.6. The van der Waals surface area contributed by atoms with Crippen LogP contribution in [0.15, 0.2) is 43.1 Å². The molecule has 2 aliphatic carbocycles. The van der Waals surface area contributed by atoms with E-state index in [2.05, 4.69) is 16.3 Å². The average molecular weight is 711 g/mol. The highest BCUT2D eigenvalue weighted by Gasteiger charge is 2.61. The average Bonchev–Trinajstić information content (AvgIpc) is 4.00. The summed E-state index contributed by atoms with van der Waals surface area (Å²) in [6, 6.07) is 6.37. The molecule has 2 aromatic rings. The number of carbonyl (C=O) groups excluding carboxylic acids is 4. The Balaban J connectivity index is 1.45. The van der Waals surface area contributed by atoms with Crippen molar-refractivity contribution in [1.82, 2.24) is 19.5 Å². The number of hydrogen-bond acceptors (Lipinski definition) is 9. The molecule has 0 spiro atoms. The maximum atomic E-state index is 14.6. The van der Waals surface area contributed by atoms with Crippen molar-refractivity contribution in [3.63, 3.8) is 0 Å². The normalized spacial score (nSPS) is 24.0. The number of carbonyl (C=O) groups is 4. The second-order valence-corrected chi connectivity index (χ2v) is 16.9. The molecule has 0 bridgehead atoms. The fourth-order valence-corrected chi connectivity index (χ4v) is 8.48. The van der Waals surface area contributed by atoms with Gasteiger partial charge in [-0.1, -0.05) is 26.8 Å². The van der Waals surface area contributed by atoms with E-state index in [1.165, 1.54) is 4.90 Å². The molecule has 0 radical (unpaired) electrons. The fourth-order valence-electron chi connectivity index (χ4n) is 7.09. The topological polar surface area (TPSA) is 152 Å². The van der Waals surface area contributed by atoms with Crippen LogP contribution in [-0.2, 0) is 29.2 Å². The van der Waals surface area contributed by atoms with Crippen LogP contribution in [0.5, 0.6) is 11.6 Å². The first-order valence-electron chi connectivity index (χ1n) is 17.5. The molecule has 2 heterocycles. The second-order valence-electron chi connectivity index (χ2n) is 14.9. The van der Waals surface area contributed by atoms with Crippen molar-refractivity contribution in [2.24, 2.45) is 22.7 Å². The highest BCUT2D eigenvalue weighted by Crippen LogP contribution is 2.57. The number of ketones is 1. The van der Waals surface area contributed by atoms with E-state index in [4.69, 9.17) is 9.47 Å². The summed E-state index contributed by atoms with van der Waals surface area (Å²) in [6.45, 7) is 14.4. The van der Waals surface area contributed by atoms with Crippen molar-refractivity contribution in [2.75, 3.05) is 26.7 Å². The van der Waals surface area contributed by atoms with Gasteiger partial charge in [-0.05, 0) is 74.1 Å². The number of aromatic nitrogens is 1. The third-order valence-electron chi connectivity index (χ3n) is 10.5. The maximum Gasteiger partial charge on any atom is 0.240 e. The van der Waals surface area contributed by atoms with E-state index in [1.54, 1.807) is 30.3 Å². The highest BCUT2D eigenvalue weighted by atomic mass is 32.2. The number of allylic oxidation sites excluding steroid dienone is 1. The zero-order valence-electron chi connectivity index (χ0n) is 29.9. The van der Waals surface area contributed by atoms with E-state index in [0.29, 0.717) is 37.6 Å². The monoisotopic (exact) mass is 710 g/mol. The number of sulfonamides is 1. The van der Waals surface area contributed by atoms with E-state index < -0.39 is 50.1 Å². The van der Waals surface area contributed by atoms with Crippen LogP contribution < -0.4 is 14.2 Å². The van der Waals surface area contributed by atoms with Gasteiger partial charge in [0.2, 0.25) is 33.6 Å². The van der Waals surface area contributed by atoms with E-state index in [0.717, 1.165) is 10.8 Å². The SMILES string of the molecule is C=C[C@@H]1C[C@]1(CC(=O)[C@@H]1CC(Oc2nccc3cc(OC)ccc23)CN1C(=O)[C@@H](CC(=O)N(CC)CC)C(C)(C)C)C(=O)NS(=O)(=O)C1CC1. The molecular formula is C37H50N4O8S. The van der Waals surface area contributed by atoms with Crippen LogP contribution in [0.4, 0.5) is 0 Å². The number of benzene rings is 1. The largest absolute Gasteiger partial charge is 0.497 e. The minimum atomic E-state index is -3.84. The molecule has 3 aliphatic rings. The molecule has 1 saturated heterocycles. The van der Waals surface area contributed by atoms with E-state index >= 15 is 0 Å². The third kappa shape index (κ3) is 7.67. The van der Waals surface area contributed by atoms with Crippen LogP contribution in [0.2, 0.25) is 0 Å². The number of rotatable bonds is 15. The lowest BCUT2D eigenvalue weighted by molar-refractivity contribution is -0.148. The summed E-state index contributed by atoms with van der Waals surface area (Å²) in [5.41, 5.74) is -1.89. The van der Waals surface area contributed by atoms with Crippen molar-refractivity contribution in [2.45, 2.75) is 90.5 Å². The lowest BCUT2D eigenvalue weighted by Gasteiger charge is -2.36. The highest BCUT2D eigenvalue weighted by molar-refractivity contribution is 7.90. The van der Waals surface area contributed by atoms with Crippen LogP contribution in [0.1, 0.15) is 73.1 Å². The van der Waals surface area contributed by atoms with Crippen molar-refractivity contribution < 1.29 is 37.1 Å². The minimum Gasteiger partial charge on any atom is -0.497 e. The Labute approximate surface area is 295 Å². The van der Waals surface area contributed by atoms with Gasteiger partial charge in [0.1, 0.15) is 11.9 Å². The van der Waals surface area contributed by atoms with Gasteiger partial charge in [-0.3, -0.25) is 23.9 Å². The molecule has 3 amide bonds. The number of nitrogens with zero attached hydrogens (tertiary/aromatic N) is 3. The molecule has 50 heavy (non-hydrogen) atoms. The van der Waals surface area contributed by atoms with E-state index in [9.17, 15) is 27.6 Å². The van der Waals surface area contributed by atoms with Crippen molar-refractivity contribution >= 4 is 44.3 Å². The van der Waals surface area contributed by atoms with Crippen LogP contribution in [0.3, 0.4) is 0 Å². The minimum absolute atomic E-state index is 0.0242. The Hall–Kier alpha value is -4.00.